The van der Waals surface area contributed by atoms with Gasteiger partial charge in [0.15, 0.2) is 17.7 Å². The van der Waals surface area contributed by atoms with Gasteiger partial charge in [-0.05, 0) is 12.3 Å². The molecular formula is C15H19N5O3. The Labute approximate surface area is 133 Å². The average molecular weight is 317 g/mol. The Morgan fingerprint density at radius 2 is 2.26 bits per heavy atom. The molecule has 2 aromatic heterocycles. The van der Waals surface area contributed by atoms with Crippen LogP contribution in [0.25, 0.3) is 11.2 Å². The van der Waals surface area contributed by atoms with Crippen LogP contribution in [0.2, 0.25) is 0 Å². The molecule has 0 unspecified atom stereocenters. The largest absolute Gasteiger partial charge is 0.388 e. The zero-order valence-corrected chi connectivity index (χ0v) is 12.8. The van der Waals surface area contributed by atoms with E-state index in [1.165, 1.54) is 6.33 Å². The quantitative estimate of drug-likeness (QED) is 0.546. The van der Waals surface area contributed by atoms with Gasteiger partial charge in [0.1, 0.15) is 17.7 Å². The number of fused-ring (bicyclic) bond motifs is 1. The van der Waals surface area contributed by atoms with Gasteiger partial charge in [0.25, 0.3) is 0 Å². The summed E-state index contributed by atoms with van der Waals surface area (Å²) in [6.45, 7) is 2.15. The zero-order valence-electron chi connectivity index (χ0n) is 12.8. The fourth-order valence-electron chi connectivity index (χ4n) is 2.42. The van der Waals surface area contributed by atoms with Crippen LogP contribution in [-0.2, 0) is 4.74 Å². The summed E-state index contributed by atoms with van der Waals surface area (Å²) in [5.74, 6) is 6.43. The molecule has 0 saturated carbocycles. The van der Waals surface area contributed by atoms with Gasteiger partial charge >= 0.3 is 0 Å². The molecule has 8 nitrogen and oxygen atoms in total. The first-order valence-corrected chi connectivity index (χ1v) is 7.58. The molecule has 1 aliphatic rings. The molecule has 3 atom stereocenters. The summed E-state index contributed by atoms with van der Waals surface area (Å²) in [7, 11) is 0. The number of hydrogen-bond acceptors (Lipinski definition) is 7. The monoisotopic (exact) mass is 317 g/mol. The van der Waals surface area contributed by atoms with E-state index in [0.717, 1.165) is 19.3 Å². The Balaban J connectivity index is 1.97. The molecule has 3 rings (SSSR count). The standard InChI is InChI=1S/C15H19N5O3/c1-2-3-4-5-6-10-18-13(16)11-14(19-10)20(8-17-11)15-12(22)9(21)7-23-15/h8-9,12,15,21-22H,2-4,7H2,1H3,(H2,16,18,19)/t9-,12-,15+/m0/s1. The van der Waals surface area contributed by atoms with Crippen molar-refractivity contribution in [3.63, 3.8) is 0 Å². The number of rotatable bonds is 3. The van der Waals surface area contributed by atoms with E-state index in [2.05, 4.69) is 33.7 Å². The third kappa shape index (κ3) is 2.99. The number of nitrogens with two attached hydrogens (primary N) is 1. The van der Waals surface area contributed by atoms with Crippen LogP contribution in [0, 0.1) is 11.8 Å². The number of aliphatic hydroxyl groups is 2. The summed E-state index contributed by atoms with van der Waals surface area (Å²) < 4.78 is 6.96. The zero-order chi connectivity index (χ0) is 16.4. The minimum Gasteiger partial charge on any atom is -0.388 e. The van der Waals surface area contributed by atoms with Crippen LogP contribution in [0.4, 0.5) is 5.82 Å². The summed E-state index contributed by atoms with van der Waals surface area (Å²) in [5, 5.41) is 19.6. The highest BCUT2D eigenvalue weighted by Gasteiger charge is 2.37. The van der Waals surface area contributed by atoms with Gasteiger partial charge in [0, 0.05) is 6.42 Å². The van der Waals surface area contributed by atoms with Crippen molar-refractivity contribution in [1.82, 2.24) is 19.5 Å². The van der Waals surface area contributed by atoms with Crippen molar-refractivity contribution in [3.8, 4) is 11.8 Å². The van der Waals surface area contributed by atoms with E-state index in [9.17, 15) is 10.2 Å². The van der Waals surface area contributed by atoms with Crippen LogP contribution in [0.3, 0.4) is 0 Å². The molecule has 1 saturated heterocycles. The van der Waals surface area contributed by atoms with Gasteiger partial charge in [-0.2, -0.15) is 0 Å². The van der Waals surface area contributed by atoms with Gasteiger partial charge in [-0.25, -0.2) is 15.0 Å². The van der Waals surface area contributed by atoms with E-state index in [4.69, 9.17) is 10.5 Å². The van der Waals surface area contributed by atoms with Gasteiger partial charge in [-0.1, -0.05) is 19.3 Å². The lowest BCUT2D eigenvalue weighted by atomic mass is 10.2. The Hall–Kier alpha value is -2.21. The van der Waals surface area contributed by atoms with Gasteiger partial charge in [0.05, 0.1) is 12.9 Å². The predicted molar refractivity (Wildman–Crippen MR) is 83.1 cm³/mol. The second-order valence-corrected chi connectivity index (χ2v) is 5.44. The number of aromatic nitrogens is 4. The van der Waals surface area contributed by atoms with Crippen molar-refractivity contribution in [3.05, 3.63) is 12.2 Å². The van der Waals surface area contributed by atoms with Crippen LogP contribution in [0.1, 0.15) is 38.2 Å². The molecule has 0 aromatic carbocycles. The summed E-state index contributed by atoms with van der Waals surface area (Å²) in [5.41, 5.74) is 6.76. The number of imidazole rings is 1. The van der Waals surface area contributed by atoms with E-state index in [0.29, 0.717) is 17.0 Å². The second-order valence-electron chi connectivity index (χ2n) is 5.44. The molecule has 23 heavy (non-hydrogen) atoms. The van der Waals surface area contributed by atoms with E-state index >= 15 is 0 Å². The summed E-state index contributed by atoms with van der Waals surface area (Å²) in [6, 6.07) is 0. The lowest BCUT2D eigenvalue weighted by Crippen LogP contribution is -2.28. The molecule has 1 fully saturated rings. The van der Waals surface area contributed by atoms with Gasteiger partial charge in [0.2, 0.25) is 5.82 Å². The Morgan fingerprint density at radius 1 is 1.43 bits per heavy atom. The Bertz CT molecular complexity index is 764. The normalized spacial score (nSPS) is 23.9. The highest BCUT2D eigenvalue weighted by atomic mass is 16.5. The molecule has 122 valence electrons. The number of hydrogen-bond donors (Lipinski definition) is 3. The molecular weight excluding hydrogens is 298 g/mol. The van der Waals surface area contributed by atoms with Crippen molar-refractivity contribution < 1.29 is 14.9 Å². The van der Waals surface area contributed by atoms with Gasteiger partial charge in [-0.3, -0.25) is 4.57 Å². The van der Waals surface area contributed by atoms with Crippen LogP contribution >= 0.6 is 0 Å². The van der Waals surface area contributed by atoms with Crippen molar-refractivity contribution in [1.29, 1.82) is 0 Å². The van der Waals surface area contributed by atoms with Crippen LogP contribution in [0.15, 0.2) is 6.33 Å². The summed E-state index contributed by atoms with van der Waals surface area (Å²) in [4.78, 5) is 12.7. The maximum absolute atomic E-state index is 10.0. The SMILES string of the molecule is CCCCC#Cc1nc(N)c2ncn([C@@H]3OC[C@H](O)[C@@H]3O)c2n1. The lowest BCUT2D eigenvalue weighted by Gasteiger charge is -2.16. The molecule has 1 aliphatic heterocycles. The predicted octanol–water partition coefficient (Wildman–Crippen LogP) is 0.201. The highest BCUT2D eigenvalue weighted by molar-refractivity contribution is 5.82. The second kappa shape index (κ2) is 6.50. The number of nitrogens with zero attached hydrogens (tertiary/aromatic N) is 4. The first kappa shape index (κ1) is 15.7. The van der Waals surface area contributed by atoms with Gasteiger partial charge in [-0.15, -0.1) is 0 Å². The summed E-state index contributed by atoms with van der Waals surface area (Å²) >= 11 is 0. The molecule has 2 aromatic rings. The minimum absolute atomic E-state index is 0.0513. The van der Waals surface area contributed by atoms with Crippen LogP contribution in [-0.4, -0.2) is 48.5 Å². The van der Waals surface area contributed by atoms with E-state index in [1.807, 2.05) is 0 Å². The van der Waals surface area contributed by atoms with Crippen molar-refractivity contribution in [2.75, 3.05) is 12.3 Å². The molecule has 0 amide bonds. The Morgan fingerprint density at radius 3 is 2.96 bits per heavy atom. The first-order chi connectivity index (χ1) is 11.1. The third-order valence-corrected chi connectivity index (χ3v) is 3.70. The fraction of sp³-hybridized carbons (Fsp3) is 0.533. The Kier molecular flexibility index (Phi) is 4.43. The number of anilines is 1. The van der Waals surface area contributed by atoms with E-state index in [1.54, 1.807) is 4.57 Å². The fourth-order valence-corrected chi connectivity index (χ4v) is 2.42. The number of ether oxygens (including phenoxy) is 1. The molecule has 8 heteroatoms. The molecule has 0 radical (unpaired) electrons. The van der Waals surface area contributed by atoms with E-state index < -0.39 is 18.4 Å². The van der Waals surface area contributed by atoms with Crippen LogP contribution in [0.5, 0.6) is 0 Å². The first-order valence-electron chi connectivity index (χ1n) is 7.58. The van der Waals surface area contributed by atoms with Crippen molar-refractivity contribution in [2.24, 2.45) is 0 Å². The maximum atomic E-state index is 10.0. The molecule has 3 heterocycles. The third-order valence-electron chi connectivity index (χ3n) is 3.70. The summed E-state index contributed by atoms with van der Waals surface area (Å²) in [6.07, 6.45) is 1.58. The minimum atomic E-state index is -1.05. The van der Waals surface area contributed by atoms with Gasteiger partial charge < -0.3 is 20.7 Å². The highest BCUT2D eigenvalue weighted by Crippen LogP contribution is 2.28. The van der Waals surface area contributed by atoms with E-state index in [-0.39, 0.29) is 12.4 Å². The van der Waals surface area contributed by atoms with Crippen molar-refractivity contribution >= 4 is 17.0 Å². The number of aliphatic hydroxyl groups excluding tert-OH is 2. The molecule has 0 aliphatic carbocycles. The smallest absolute Gasteiger partial charge is 0.208 e. The number of unbranched alkanes of at least 4 members (excludes halogenated alkanes) is 2. The number of nitrogen functional groups attached to an aromatic ring is 1. The molecule has 4 N–H and O–H groups in total. The van der Waals surface area contributed by atoms with Crippen molar-refractivity contribution in [2.45, 2.75) is 44.6 Å². The topological polar surface area (TPSA) is 119 Å². The molecule has 0 spiro atoms. The maximum Gasteiger partial charge on any atom is 0.208 e. The average Bonchev–Trinajstić information content (AvgIpc) is 3.09. The lowest BCUT2D eigenvalue weighted by molar-refractivity contribution is -0.0162. The molecule has 0 bridgehead atoms. The van der Waals surface area contributed by atoms with Crippen LogP contribution < -0.4 is 5.73 Å².